The Balaban J connectivity index is 1.95. The van der Waals surface area contributed by atoms with Crippen molar-refractivity contribution in [1.29, 1.82) is 0 Å². The summed E-state index contributed by atoms with van der Waals surface area (Å²) in [6.45, 7) is 0. The molecule has 1 aliphatic carbocycles. The fourth-order valence-electron chi connectivity index (χ4n) is 3.11. The van der Waals surface area contributed by atoms with Gasteiger partial charge in [-0.2, -0.15) is 0 Å². The summed E-state index contributed by atoms with van der Waals surface area (Å²) in [5.41, 5.74) is 2.35. The molecule has 23 heavy (non-hydrogen) atoms. The van der Waals surface area contributed by atoms with Crippen LogP contribution >= 0.6 is 11.8 Å². The van der Waals surface area contributed by atoms with Crippen molar-refractivity contribution in [3.8, 4) is 11.1 Å². The number of aliphatic carboxylic acids is 1. The molecule has 118 valence electrons. The van der Waals surface area contributed by atoms with Gasteiger partial charge >= 0.3 is 5.97 Å². The number of carbonyl (C=O) groups is 1. The van der Waals surface area contributed by atoms with Crippen LogP contribution in [0.3, 0.4) is 0 Å². The van der Waals surface area contributed by atoms with E-state index in [0.717, 1.165) is 34.6 Å². The molecular weight excluding hydrogens is 317 g/mol. The summed E-state index contributed by atoms with van der Waals surface area (Å²) in [4.78, 5) is 23.9. The van der Waals surface area contributed by atoms with Gasteiger partial charge in [-0.25, -0.2) is 9.18 Å². The molecule has 1 fully saturated rings. The number of halogens is 1. The molecule has 1 aromatic carbocycles. The van der Waals surface area contributed by atoms with Gasteiger partial charge in [0, 0.05) is 11.8 Å². The maximum atomic E-state index is 13.2. The Hall–Kier alpha value is -2.08. The number of nitrogens with zero attached hydrogens (tertiary/aromatic N) is 1. The molecule has 0 bridgehead atoms. The molecule has 4 rings (SSSR count). The highest BCUT2D eigenvalue weighted by Crippen LogP contribution is 2.50. The van der Waals surface area contributed by atoms with E-state index < -0.39 is 12.0 Å². The topological polar surface area (TPSA) is 59.3 Å². The van der Waals surface area contributed by atoms with Crippen LogP contribution in [0.15, 0.2) is 40.2 Å². The number of rotatable bonds is 3. The van der Waals surface area contributed by atoms with Crippen LogP contribution < -0.4 is 5.56 Å². The second-order valence-electron chi connectivity index (χ2n) is 5.93. The second-order valence-corrected chi connectivity index (χ2v) is 6.94. The number of pyridine rings is 1. The highest BCUT2D eigenvalue weighted by atomic mass is 32.2. The number of carboxylic acid groups (broad SMARTS) is 1. The Bertz CT molecular complexity index is 855. The van der Waals surface area contributed by atoms with Gasteiger partial charge in [0.25, 0.3) is 5.56 Å². The molecule has 1 aromatic heterocycles. The number of aromatic nitrogens is 1. The summed E-state index contributed by atoms with van der Waals surface area (Å²) in [6, 6.07) is 6.80. The van der Waals surface area contributed by atoms with Crippen molar-refractivity contribution in [2.75, 3.05) is 5.75 Å². The first-order chi connectivity index (χ1) is 11.1. The van der Waals surface area contributed by atoms with Gasteiger partial charge in [-0.1, -0.05) is 12.1 Å². The molecule has 4 nitrogen and oxygen atoms in total. The molecule has 0 unspecified atom stereocenters. The number of fused-ring (bicyclic) bond motifs is 1. The molecule has 2 aromatic rings. The first-order valence-corrected chi connectivity index (χ1v) is 8.46. The van der Waals surface area contributed by atoms with Gasteiger partial charge in [0.15, 0.2) is 0 Å². The summed E-state index contributed by atoms with van der Waals surface area (Å²) in [6.07, 6.45) is 2.08. The minimum Gasteiger partial charge on any atom is -0.480 e. The van der Waals surface area contributed by atoms with Gasteiger partial charge < -0.3 is 5.11 Å². The predicted molar refractivity (Wildman–Crippen MR) is 85.5 cm³/mol. The second kappa shape index (κ2) is 5.23. The highest BCUT2D eigenvalue weighted by molar-refractivity contribution is 7.99. The smallest absolute Gasteiger partial charge is 0.327 e. The summed E-state index contributed by atoms with van der Waals surface area (Å²) in [7, 11) is 0. The predicted octanol–water partition coefficient (Wildman–Crippen LogP) is 3.26. The van der Waals surface area contributed by atoms with Crippen LogP contribution in [0, 0.1) is 5.82 Å². The zero-order chi connectivity index (χ0) is 16.1. The quantitative estimate of drug-likeness (QED) is 0.938. The summed E-state index contributed by atoms with van der Waals surface area (Å²) in [5, 5.41) is 10.1. The van der Waals surface area contributed by atoms with Gasteiger partial charge in [0.2, 0.25) is 0 Å². The van der Waals surface area contributed by atoms with Crippen molar-refractivity contribution in [1.82, 2.24) is 4.57 Å². The van der Waals surface area contributed by atoms with E-state index in [2.05, 4.69) is 0 Å². The number of hydrogen-bond acceptors (Lipinski definition) is 3. The molecule has 6 heteroatoms. The van der Waals surface area contributed by atoms with Gasteiger partial charge in [-0.3, -0.25) is 9.36 Å². The molecule has 1 atom stereocenters. The fourth-order valence-corrected chi connectivity index (χ4v) is 4.50. The van der Waals surface area contributed by atoms with E-state index in [9.17, 15) is 19.1 Å². The van der Waals surface area contributed by atoms with Crippen LogP contribution in [0.1, 0.15) is 30.4 Å². The Morgan fingerprint density at radius 2 is 1.96 bits per heavy atom. The third-order valence-electron chi connectivity index (χ3n) is 4.36. The zero-order valence-corrected chi connectivity index (χ0v) is 13.0. The van der Waals surface area contributed by atoms with E-state index in [-0.39, 0.29) is 11.4 Å². The summed E-state index contributed by atoms with van der Waals surface area (Å²) < 4.78 is 14.6. The van der Waals surface area contributed by atoms with Crippen LogP contribution in [-0.4, -0.2) is 21.4 Å². The number of carboxylic acids is 1. The molecule has 1 aliphatic heterocycles. The van der Waals surface area contributed by atoms with E-state index in [1.165, 1.54) is 34.5 Å². The molecule has 0 saturated heterocycles. The van der Waals surface area contributed by atoms with Crippen LogP contribution in [0.2, 0.25) is 0 Å². The first-order valence-electron chi connectivity index (χ1n) is 7.47. The standard InChI is InChI=1S/C17H14FNO3S/c18-11-5-3-9(4-6-11)12-7-14(20)19-13(17(21)22)8-23-16(19)15(12)10-1-2-10/h3-7,10,13H,1-2,8H2,(H,21,22)/t13-/m0/s1. The first kappa shape index (κ1) is 14.5. The Morgan fingerprint density at radius 1 is 1.26 bits per heavy atom. The molecule has 0 radical (unpaired) electrons. The molecule has 0 amide bonds. The lowest BCUT2D eigenvalue weighted by Gasteiger charge is -2.16. The largest absolute Gasteiger partial charge is 0.480 e. The normalized spacial score (nSPS) is 19.6. The number of thioether (sulfide) groups is 1. The minimum atomic E-state index is -0.977. The lowest BCUT2D eigenvalue weighted by Crippen LogP contribution is -2.29. The molecule has 2 aliphatic rings. The maximum Gasteiger partial charge on any atom is 0.327 e. The Labute approximate surface area is 136 Å². The number of hydrogen-bond donors (Lipinski definition) is 1. The highest BCUT2D eigenvalue weighted by Gasteiger charge is 2.37. The van der Waals surface area contributed by atoms with Crippen molar-refractivity contribution in [3.05, 3.63) is 52.1 Å². The third-order valence-corrected chi connectivity index (χ3v) is 5.53. The van der Waals surface area contributed by atoms with Crippen LogP contribution in [0.4, 0.5) is 4.39 Å². The lowest BCUT2D eigenvalue weighted by molar-refractivity contribution is -0.140. The minimum absolute atomic E-state index is 0.305. The Morgan fingerprint density at radius 3 is 2.57 bits per heavy atom. The van der Waals surface area contributed by atoms with E-state index in [0.29, 0.717) is 11.7 Å². The van der Waals surface area contributed by atoms with Crippen molar-refractivity contribution in [2.24, 2.45) is 0 Å². The van der Waals surface area contributed by atoms with Crippen LogP contribution in [-0.2, 0) is 4.79 Å². The van der Waals surface area contributed by atoms with Crippen molar-refractivity contribution < 1.29 is 14.3 Å². The van der Waals surface area contributed by atoms with Crippen LogP contribution in [0.5, 0.6) is 0 Å². The molecular formula is C17H14FNO3S. The van der Waals surface area contributed by atoms with Crippen molar-refractivity contribution >= 4 is 17.7 Å². The van der Waals surface area contributed by atoms with E-state index in [1.807, 2.05) is 0 Å². The van der Waals surface area contributed by atoms with E-state index in [4.69, 9.17) is 0 Å². The van der Waals surface area contributed by atoms with Gasteiger partial charge in [-0.05, 0) is 47.6 Å². The monoisotopic (exact) mass is 331 g/mol. The van der Waals surface area contributed by atoms with Gasteiger partial charge in [0.05, 0.1) is 5.03 Å². The summed E-state index contributed by atoms with van der Waals surface area (Å²) in [5.74, 6) is -0.566. The number of benzene rings is 1. The van der Waals surface area contributed by atoms with E-state index >= 15 is 0 Å². The van der Waals surface area contributed by atoms with Gasteiger partial charge in [0.1, 0.15) is 11.9 Å². The zero-order valence-electron chi connectivity index (χ0n) is 12.2. The average molecular weight is 331 g/mol. The molecule has 1 saturated carbocycles. The molecule has 2 heterocycles. The molecule has 0 spiro atoms. The lowest BCUT2D eigenvalue weighted by atomic mass is 9.98. The average Bonchev–Trinajstić information content (AvgIpc) is 3.24. The maximum absolute atomic E-state index is 13.2. The van der Waals surface area contributed by atoms with Gasteiger partial charge in [-0.15, -0.1) is 11.8 Å². The third kappa shape index (κ3) is 2.37. The summed E-state index contributed by atoms with van der Waals surface area (Å²) >= 11 is 1.43. The fraction of sp³-hybridized carbons (Fsp3) is 0.294. The Kier molecular flexibility index (Phi) is 3.30. The molecule has 1 N–H and O–H groups in total. The van der Waals surface area contributed by atoms with Crippen molar-refractivity contribution in [2.45, 2.75) is 29.8 Å². The van der Waals surface area contributed by atoms with Crippen LogP contribution in [0.25, 0.3) is 11.1 Å². The van der Waals surface area contributed by atoms with Crippen molar-refractivity contribution in [3.63, 3.8) is 0 Å². The SMILES string of the molecule is O=C(O)[C@@H]1CSc2c(C3CC3)c(-c3ccc(F)cc3)cc(=O)n21. The van der Waals surface area contributed by atoms with E-state index in [1.54, 1.807) is 12.1 Å².